The second-order valence-corrected chi connectivity index (χ2v) is 9.65. The molecule has 0 saturated heterocycles. The summed E-state index contributed by atoms with van der Waals surface area (Å²) in [6.45, 7) is 3.92. The number of nitrogens with zero attached hydrogens (tertiary/aromatic N) is 1. The highest BCUT2D eigenvalue weighted by atomic mass is 32.1. The molecule has 0 bridgehead atoms. The molecule has 1 saturated carbocycles. The van der Waals surface area contributed by atoms with Gasteiger partial charge in [-0.2, -0.15) is 0 Å². The highest BCUT2D eigenvalue weighted by Gasteiger charge is 2.29. The van der Waals surface area contributed by atoms with Crippen molar-refractivity contribution in [1.82, 2.24) is 9.88 Å². The molecule has 3 rings (SSSR count). The van der Waals surface area contributed by atoms with Gasteiger partial charge in [0.1, 0.15) is 11.1 Å². The van der Waals surface area contributed by atoms with Gasteiger partial charge >= 0.3 is 0 Å². The van der Waals surface area contributed by atoms with Gasteiger partial charge in [0.2, 0.25) is 5.12 Å². The third-order valence-corrected chi connectivity index (χ3v) is 7.03. The molecule has 5 nitrogen and oxygen atoms in total. The molecule has 0 aliphatic heterocycles. The van der Waals surface area contributed by atoms with E-state index in [1.54, 1.807) is 19.9 Å². The third-order valence-electron chi connectivity index (χ3n) is 6.47. The number of hydrogen-bond donors (Lipinski definition) is 2. The number of aromatic nitrogens is 1. The molecule has 0 aromatic carbocycles. The fourth-order valence-corrected chi connectivity index (χ4v) is 4.68. The lowest BCUT2D eigenvalue weighted by molar-refractivity contribution is -0.115. The first kappa shape index (κ1) is 22.1. The van der Waals surface area contributed by atoms with E-state index >= 15 is 0 Å². The zero-order valence-corrected chi connectivity index (χ0v) is 18.7. The lowest BCUT2D eigenvalue weighted by Crippen LogP contribution is -2.49. The van der Waals surface area contributed by atoms with Crippen LogP contribution < -0.4 is 10.9 Å². The number of carbonyl (C=O) groups excluding carboxylic acids is 2. The third kappa shape index (κ3) is 5.33. The first-order valence-electron chi connectivity index (χ1n) is 11.1. The summed E-state index contributed by atoms with van der Waals surface area (Å²) in [5.74, 6) is 0.0226. The van der Waals surface area contributed by atoms with Crippen LogP contribution in [0.15, 0.2) is 10.9 Å². The zero-order valence-electron chi connectivity index (χ0n) is 17.8. The molecule has 2 aliphatic rings. The molecule has 160 valence electrons. The standard InChI is InChI=1S/C23H34N2O3S/c1-23(2,22(28)29)24-20(26)18-14-17-12-8-3-4-9-13-19(17)25(21(18)27)15-16-10-6-5-7-11-16/h14,16H,3-13,15H2,1-2H3,(H,24,26)(H,28,29). The van der Waals surface area contributed by atoms with Crippen LogP contribution in [-0.2, 0) is 24.2 Å². The van der Waals surface area contributed by atoms with E-state index in [0.717, 1.165) is 49.8 Å². The van der Waals surface area contributed by atoms with Gasteiger partial charge in [0.15, 0.2) is 0 Å². The topological polar surface area (TPSA) is 68.2 Å². The van der Waals surface area contributed by atoms with E-state index < -0.39 is 16.6 Å². The summed E-state index contributed by atoms with van der Waals surface area (Å²) in [5, 5.41) is 2.27. The summed E-state index contributed by atoms with van der Waals surface area (Å²) in [5.41, 5.74) is 1.07. The van der Waals surface area contributed by atoms with Crippen molar-refractivity contribution in [3.63, 3.8) is 0 Å². The number of aryl methyl sites for hydroxylation is 1. The van der Waals surface area contributed by atoms with Crippen molar-refractivity contribution in [2.24, 2.45) is 5.92 Å². The van der Waals surface area contributed by atoms with E-state index in [1.807, 2.05) is 4.57 Å². The first-order valence-corrected chi connectivity index (χ1v) is 11.6. The predicted molar refractivity (Wildman–Crippen MR) is 119 cm³/mol. The first-order chi connectivity index (χ1) is 13.8. The summed E-state index contributed by atoms with van der Waals surface area (Å²) in [7, 11) is 0. The molecule has 1 aromatic rings. The number of fused-ring (bicyclic) bond motifs is 1. The molecule has 2 aliphatic carbocycles. The van der Waals surface area contributed by atoms with Crippen LogP contribution in [-0.4, -0.2) is 21.1 Å². The summed E-state index contributed by atoms with van der Waals surface area (Å²) >= 11 is 3.87. The Morgan fingerprint density at radius 3 is 2.34 bits per heavy atom. The number of nitrogens with one attached hydrogen (secondary N) is 1. The molecule has 0 atom stereocenters. The van der Waals surface area contributed by atoms with Crippen molar-refractivity contribution in [2.45, 2.75) is 96.6 Å². The highest BCUT2D eigenvalue weighted by molar-refractivity contribution is 7.96. The molecule has 0 spiro atoms. The fourth-order valence-electron chi connectivity index (χ4n) is 4.62. The molecule has 29 heavy (non-hydrogen) atoms. The maximum Gasteiger partial charge on any atom is 0.263 e. The Labute approximate surface area is 179 Å². The molecule has 6 heteroatoms. The zero-order chi connectivity index (χ0) is 21.0. The van der Waals surface area contributed by atoms with Gasteiger partial charge < -0.3 is 9.88 Å². The largest absolute Gasteiger partial charge is 0.339 e. The minimum Gasteiger partial charge on any atom is -0.339 e. The van der Waals surface area contributed by atoms with Crippen molar-refractivity contribution < 1.29 is 9.59 Å². The molecule has 1 aromatic heterocycles. The normalized spacial score (nSPS) is 18.4. The Balaban J connectivity index is 2.01. The Kier molecular flexibility index (Phi) is 7.25. The summed E-state index contributed by atoms with van der Waals surface area (Å²) < 4.78 is 1.90. The van der Waals surface area contributed by atoms with Crippen LogP contribution >= 0.6 is 12.6 Å². The highest BCUT2D eigenvalue weighted by Crippen LogP contribution is 2.27. The van der Waals surface area contributed by atoms with Gasteiger partial charge in [-0.25, -0.2) is 0 Å². The minimum atomic E-state index is -1.12. The monoisotopic (exact) mass is 418 g/mol. The van der Waals surface area contributed by atoms with Crippen molar-refractivity contribution >= 4 is 23.7 Å². The van der Waals surface area contributed by atoms with Gasteiger partial charge in [0.05, 0.1) is 0 Å². The molecular weight excluding hydrogens is 384 g/mol. The van der Waals surface area contributed by atoms with E-state index in [9.17, 15) is 14.4 Å². The van der Waals surface area contributed by atoms with Crippen LogP contribution in [0.5, 0.6) is 0 Å². The van der Waals surface area contributed by atoms with Gasteiger partial charge in [0, 0.05) is 12.2 Å². The van der Waals surface area contributed by atoms with Crippen LogP contribution in [0.1, 0.15) is 93.3 Å². The number of rotatable bonds is 5. The maximum absolute atomic E-state index is 13.4. The van der Waals surface area contributed by atoms with Crippen LogP contribution in [0.25, 0.3) is 0 Å². The lowest BCUT2D eigenvalue weighted by Gasteiger charge is -2.27. The van der Waals surface area contributed by atoms with E-state index in [2.05, 4.69) is 17.9 Å². The Morgan fingerprint density at radius 2 is 1.69 bits per heavy atom. The minimum absolute atomic E-state index is 0.155. The van der Waals surface area contributed by atoms with Gasteiger partial charge in [-0.15, -0.1) is 12.6 Å². The second-order valence-electron chi connectivity index (χ2n) is 9.25. The maximum atomic E-state index is 13.4. The number of amides is 1. The average molecular weight is 419 g/mol. The molecule has 1 N–H and O–H groups in total. The van der Waals surface area contributed by atoms with Crippen LogP contribution in [0, 0.1) is 5.92 Å². The van der Waals surface area contributed by atoms with Crippen molar-refractivity contribution in [1.29, 1.82) is 0 Å². The fraction of sp³-hybridized carbons (Fsp3) is 0.696. The quantitative estimate of drug-likeness (QED) is 0.709. The van der Waals surface area contributed by atoms with E-state index in [1.165, 1.54) is 32.1 Å². The van der Waals surface area contributed by atoms with Gasteiger partial charge in [0.25, 0.3) is 11.5 Å². The summed E-state index contributed by atoms with van der Waals surface area (Å²) in [6.07, 6.45) is 12.4. The average Bonchev–Trinajstić information content (AvgIpc) is 2.65. The molecule has 0 unspecified atom stereocenters. The Bertz CT molecular complexity index is 822. The van der Waals surface area contributed by atoms with E-state index in [0.29, 0.717) is 12.5 Å². The molecule has 1 heterocycles. The van der Waals surface area contributed by atoms with Crippen molar-refractivity contribution in [2.75, 3.05) is 0 Å². The van der Waals surface area contributed by atoms with Crippen LogP contribution in [0.3, 0.4) is 0 Å². The number of pyridine rings is 1. The lowest BCUT2D eigenvalue weighted by atomic mass is 9.88. The molecule has 1 amide bonds. The Morgan fingerprint density at radius 1 is 1.07 bits per heavy atom. The van der Waals surface area contributed by atoms with Gasteiger partial charge in [-0.1, -0.05) is 32.1 Å². The van der Waals surface area contributed by atoms with Gasteiger partial charge in [-0.3, -0.25) is 14.4 Å². The molecule has 0 radical (unpaired) electrons. The van der Waals surface area contributed by atoms with E-state index in [-0.39, 0.29) is 11.1 Å². The van der Waals surface area contributed by atoms with Crippen LogP contribution in [0.4, 0.5) is 0 Å². The summed E-state index contributed by atoms with van der Waals surface area (Å²) in [4.78, 5) is 38.1. The van der Waals surface area contributed by atoms with Crippen molar-refractivity contribution in [3.8, 4) is 0 Å². The number of hydrogen-bond acceptors (Lipinski definition) is 3. The SMILES string of the molecule is CC(C)(NC(=O)c1cc2c(n(CC3CCCCC3)c1=O)CCCCCC2)C(=O)S. The number of thiol groups is 1. The van der Waals surface area contributed by atoms with E-state index in [4.69, 9.17) is 0 Å². The molecular formula is C23H34N2O3S. The Hall–Kier alpha value is -1.56. The summed E-state index contributed by atoms with van der Waals surface area (Å²) in [6, 6.07) is 1.79. The van der Waals surface area contributed by atoms with Crippen molar-refractivity contribution in [3.05, 3.63) is 33.2 Å². The smallest absolute Gasteiger partial charge is 0.263 e. The molecule has 1 fully saturated rings. The number of carbonyl (C=O) groups is 2. The van der Waals surface area contributed by atoms with Gasteiger partial charge in [-0.05, 0) is 69.9 Å². The predicted octanol–water partition coefficient (Wildman–Crippen LogP) is 4.05. The second kappa shape index (κ2) is 9.50. The van der Waals surface area contributed by atoms with Crippen LogP contribution in [0.2, 0.25) is 0 Å².